The molecule has 3 nitrogen and oxygen atoms in total. The molecule has 0 amide bonds. The maximum atomic E-state index is 11.6. The third kappa shape index (κ3) is 2.31. The molecule has 0 fully saturated rings. The van der Waals surface area contributed by atoms with Gasteiger partial charge >= 0.3 is 0 Å². The van der Waals surface area contributed by atoms with Gasteiger partial charge in [-0.3, -0.25) is 4.79 Å². The summed E-state index contributed by atoms with van der Waals surface area (Å²) >= 11 is 0. The van der Waals surface area contributed by atoms with Crippen LogP contribution in [0.2, 0.25) is 0 Å². The average molecular weight is 215 g/mol. The highest BCUT2D eigenvalue weighted by Gasteiger charge is 1.98. The van der Waals surface area contributed by atoms with Crippen LogP contribution in [0.4, 0.5) is 0 Å². The van der Waals surface area contributed by atoms with Gasteiger partial charge in [-0.2, -0.15) is 0 Å². The first-order valence-corrected chi connectivity index (χ1v) is 5.10. The fourth-order valence-electron chi connectivity index (χ4n) is 1.54. The molecule has 2 rings (SSSR count). The first kappa shape index (κ1) is 10.5. The number of hydrogen-bond acceptors (Lipinski definition) is 2. The summed E-state index contributed by atoms with van der Waals surface area (Å²) in [6.45, 7) is 2.42. The summed E-state index contributed by atoms with van der Waals surface area (Å²) in [6, 6.07) is 10.4. The third-order valence-electron chi connectivity index (χ3n) is 2.44. The summed E-state index contributed by atoms with van der Waals surface area (Å²) in [7, 11) is 0. The van der Waals surface area contributed by atoms with Crippen molar-refractivity contribution in [3.8, 4) is 5.75 Å². The van der Waals surface area contributed by atoms with Gasteiger partial charge in [0, 0.05) is 12.3 Å². The zero-order valence-corrected chi connectivity index (χ0v) is 9.05. The van der Waals surface area contributed by atoms with E-state index in [0.717, 1.165) is 11.1 Å². The first-order valence-electron chi connectivity index (χ1n) is 5.10. The zero-order chi connectivity index (χ0) is 11.5. The number of aromatic hydroxyl groups is 1. The van der Waals surface area contributed by atoms with Gasteiger partial charge in [0.05, 0.1) is 6.54 Å². The first-order chi connectivity index (χ1) is 7.65. The molecule has 0 aliphatic carbocycles. The molecule has 2 aromatic rings. The fraction of sp³-hybridized carbons (Fsp3) is 0.154. The van der Waals surface area contributed by atoms with E-state index in [2.05, 4.69) is 0 Å². The number of aryl methyl sites for hydroxylation is 1. The molecule has 1 heterocycles. The van der Waals surface area contributed by atoms with Gasteiger partial charge in [-0.15, -0.1) is 0 Å². The number of nitrogens with zero attached hydrogens (tertiary/aromatic N) is 1. The number of hydrogen-bond donors (Lipinski definition) is 1. The highest BCUT2D eigenvalue weighted by molar-refractivity contribution is 5.26. The van der Waals surface area contributed by atoms with Crippen molar-refractivity contribution in [1.82, 2.24) is 4.57 Å². The molecule has 0 saturated heterocycles. The normalized spacial score (nSPS) is 10.3. The Labute approximate surface area is 93.6 Å². The van der Waals surface area contributed by atoms with Crippen molar-refractivity contribution in [2.75, 3.05) is 0 Å². The molecule has 0 aliphatic heterocycles. The van der Waals surface area contributed by atoms with Crippen LogP contribution in [0.3, 0.4) is 0 Å². The molecule has 1 aromatic carbocycles. The number of rotatable bonds is 2. The van der Waals surface area contributed by atoms with Gasteiger partial charge in [0.2, 0.25) is 0 Å². The Morgan fingerprint density at radius 2 is 1.88 bits per heavy atom. The smallest absolute Gasteiger partial charge is 0.251 e. The van der Waals surface area contributed by atoms with Crippen molar-refractivity contribution in [3.05, 3.63) is 64.1 Å². The Bertz CT molecular complexity index is 541. The maximum absolute atomic E-state index is 11.6. The molecule has 1 N–H and O–H groups in total. The lowest BCUT2D eigenvalue weighted by Crippen LogP contribution is -2.19. The van der Waals surface area contributed by atoms with Gasteiger partial charge in [0.15, 0.2) is 0 Å². The number of benzene rings is 1. The number of phenols is 1. The van der Waals surface area contributed by atoms with E-state index >= 15 is 0 Å². The van der Waals surface area contributed by atoms with Crippen molar-refractivity contribution in [2.45, 2.75) is 13.5 Å². The second kappa shape index (κ2) is 4.23. The van der Waals surface area contributed by atoms with Gasteiger partial charge in [0.25, 0.3) is 5.56 Å². The van der Waals surface area contributed by atoms with Crippen LogP contribution in [0, 0.1) is 6.92 Å². The lowest BCUT2D eigenvalue weighted by Gasteiger charge is -2.05. The van der Waals surface area contributed by atoms with Crippen LogP contribution in [0.25, 0.3) is 0 Å². The van der Waals surface area contributed by atoms with Gasteiger partial charge < -0.3 is 9.67 Å². The van der Waals surface area contributed by atoms with E-state index < -0.39 is 0 Å². The highest BCUT2D eigenvalue weighted by atomic mass is 16.3. The van der Waals surface area contributed by atoms with E-state index in [4.69, 9.17) is 5.11 Å². The summed E-state index contributed by atoms with van der Waals surface area (Å²) in [5, 5.41) is 9.15. The van der Waals surface area contributed by atoms with Crippen LogP contribution in [-0.2, 0) is 6.54 Å². The van der Waals surface area contributed by atoms with E-state index in [9.17, 15) is 4.79 Å². The lowest BCUT2D eigenvalue weighted by molar-refractivity contribution is 0.475. The van der Waals surface area contributed by atoms with Gasteiger partial charge in [-0.05, 0) is 36.2 Å². The number of aromatic nitrogens is 1. The Morgan fingerprint density at radius 3 is 2.50 bits per heavy atom. The SMILES string of the molecule is Cc1ccn(Cc2ccc(O)cc2)c(=O)c1. The molecule has 1 aromatic heterocycles. The van der Waals surface area contributed by atoms with Crippen molar-refractivity contribution >= 4 is 0 Å². The Kier molecular flexibility index (Phi) is 2.77. The second-order valence-corrected chi connectivity index (χ2v) is 3.84. The molecule has 16 heavy (non-hydrogen) atoms. The molecular weight excluding hydrogens is 202 g/mol. The average Bonchev–Trinajstić information content (AvgIpc) is 2.25. The molecule has 3 heteroatoms. The van der Waals surface area contributed by atoms with Crippen LogP contribution >= 0.6 is 0 Å². The van der Waals surface area contributed by atoms with Crippen LogP contribution in [0.5, 0.6) is 5.75 Å². The van der Waals surface area contributed by atoms with Crippen molar-refractivity contribution < 1.29 is 5.11 Å². The Balaban J connectivity index is 2.27. The van der Waals surface area contributed by atoms with Crippen LogP contribution in [0.1, 0.15) is 11.1 Å². The minimum absolute atomic E-state index is 0.00641. The molecule has 0 unspecified atom stereocenters. The molecule has 0 radical (unpaired) electrons. The Hall–Kier alpha value is -2.03. The number of phenolic OH excluding ortho intramolecular Hbond substituents is 1. The van der Waals surface area contributed by atoms with Crippen LogP contribution in [0.15, 0.2) is 47.4 Å². The summed E-state index contributed by atoms with van der Waals surface area (Å²) in [5.41, 5.74) is 1.95. The summed E-state index contributed by atoms with van der Waals surface area (Å²) < 4.78 is 1.64. The lowest BCUT2D eigenvalue weighted by atomic mass is 10.2. The van der Waals surface area contributed by atoms with E-state index in [1.165, 1.54) is 0 Å². The molecular formula is C13H13NO2. The van der Waals surface area contributed by atoms with Crippen molar-refractivity contribution in [2.24, 2.45) is 0 Å². The van der Waals surface area contributed by atoms with Gasteiger partial charge in [-0.1, -0.05) is 12.1 Å². The van der Waals surface area contributed by atoms with Crippen molar-refractivity contribution in [3.63, 3.8) is 0 Å². The minimum atomic E-state index is -0.00641. The number of pyridine rings is 1. The predicted molar refractivity (Wildman–Crippen MR) is 62.6 cm³/mol. The van der Waals surface area contributed by atoms with Gasteiger partial charge in [0.1, 0.15) is 5.75 Å². The standard InChI is InChI=1S/C13H13NO2/c1-10-6-7-14(13(16)8-10)9-11-2-4-12(15)5-3-11/h2-8,15H,9H2,1H3. The van der Waals surface area contributed by atoms with Crippen molar-refractivity contribution in [1.29, 1.82) is 0 Å². The van der Waals surface area contributed by atoms with Crippen LogP contribution < -0.4 is 5.56 Å². The fourth-order valence-corrected chi connectivity index (χ4v) is 1.54. The molecule has 0 atom stereocenters. The maximum Gasteiger partial charge on any atom is 0.251 e. The largest absolute Gasteiger partial charge is 0.508 e. The predicted octanol–water partition coefficient (Wildman–Crippen LogP) is 1.91. The third-order valence-corrected chi connectivity index (χ3v) is 2.44. The van der Waals surface area contributed by atoms with E-state index in [1.54, 1.807) is 29.0 Å². The second-order valence-electron chi connectivity index (χ2n) is 3.84. The Morgan fingerprint density at radius 1 is 1.19 bits per heavy atom. The van der Waals surface area contributed by atoms with Gasteiger partial charge in [-0.25, -0.2) is 0 Å². The molecule has 0 bridgehead atoms. The summed E-state index contributed by atoms with van der Waals surface area (Å²) in [5.74, 6) is 0.236. The van der Waals surface area contributed by atoms with E-state index in [0.29, 0.717) is 6.54 Å². The van der Waals surface area contributed by atoms with Crippen LogP contribution in [-0.4, -0.2) is 9.67 Å². The molecule has 0 saturated carbocycles. The zero-order valence-electron chi connectivity index (χ0n) is 9.05. The summed E-state index contributed by atoms with van der Waals surface area (Å²) in [6.07, 6.45) is 1.78. The van der Waals surface area contributed by atoms with E-state index in [1.807, 2.05) is 25.1 Å². The monoisotopic (exact) mass is 215 g/mol. The highest BCUT2D eigenvalue weighted by Crippen LogP contribution is 2.10. The van der Waals surface area contributed by atoms with E-state index in [-0.39, 0.29) is 11.3 Å². The topological polar surface area (TPSA) is 42.2 Å². The minimum Gasteiger partial charge on any atom is -0.508 e. The molecule has 82 valence electrons. The quantitative estimate of drug-likeness (QED) is 0.831. The summed E-state index contributed by atoms with van der Waals surface area (Å²) in [4.78, 5) is 11.6. The molecule has 0 aliphatic rings. The molecule has 0 spiro atoms.